The van der Waals surface area contributed by atoms with E-state index in [4.69, 9.17) is 10.2 Å². The molecule has 8 heteroatoms. The molecule has 1 aliphatic heterocycles. The molecule has 1 aliphatic rings. The molecule has 0 aliphatic carbocycles. The summed E-state index contributed by atoms with van der Waals surface area (Å²) in [6, 6.07) is 11.2. The predicted octanol–water partition coefficient (Wildman–Crippen LogP) is 2.66. The maximum Gasteiger partial charge on any atom is 0.260 e. The van der Waals surface area contributed by atoms with Crippen molar-refractivity contribution in [2.24, 2.45) is 5.73 Å². The Morgan fingerprint density at radius 3 is 2.86 bits per heavy atom. The van der Waals surface area contributed by atoms with Crippen LogP contribution in [0.25, 0.3) is 21.5 Å². The summed E-state index contributed by atoms with van der Waals surface area (Å²) in [4.78, 5) is 35.0. The number of furan rings is 1. The van der Waals surface area contributed by atoms with Crippen molar-refractivity contribution < 1.29 is 9.21 Å². The minimum Gasteiger partial charge on any atom is -0.464 e. The van der Waals surface area contributed by atoms with E-state index in [2.05, 4.69) is 9.97 Å². The zero-order valence-corrected chi connectivity index (χ0v) is 16.2. The average molecular weight is 406 g/mol. The number of thiophene rings is 1. The van der Waals surface area contributed by atoms with Crippen molar-refractivity contribution in [3.8, 4) is 11.3 Å². The molecule has 3 N–H and O–H groups in total. The Morgan fingerprint density at radius 1 is 1.28 bits per heavy atom. The van der Waals surface area contributed by atoms with Crippen molar-refractivity contribution in [1.29, 1.82) is 0 Å². The highest BCUT2D eigenvalue weighted by molar-refractivity contribution is 7.17. The number of amides is 1. The minimum atomic E-state index is -0.437. The van der Waals surface area contributed by atoms with Crippen molar-refractivity contribution >= 4 is 27.5 Å². The summed E-state index contributed by atoms with van der Waals surface area (Å²) in [6.45, 7) is 0.911. The van der Waals surface area contributed by atoms with Crippen LogP contribution in [-0.2, 0) is 24.3 Å². The molecule has 4 aromatic rings. The topological polar surface area (TPSA) is 105 Å². The number of nitrogens with two attached hydrogens (primary N) is 1. The van der Waals surface area contributed by atoms with E-state index in [1.165, 1.54) is 11.3 Å². The van der Waals surface area contributed by atoms with Gasteiger partial charge in [0.2, 0.25) is 5.91 Å². The van der Waals surface area contributed by atoms with E-state index in [1.54, 1.807) is 12.3 Å². The highest BCUT2D eigenvalue weighted by atomic mass is 32.1. The van der Waals surface area contributed by atoms with Gasteiger partial charge >= 0.3 is 0 Å². The Balaban J connectivity index is 1.50. The molecule has 1 atom stereocenters. The van der Waals surface area contributed by atoms with Crippen LogP contribution in [0.1, 0.15) is 17.0 Å². The monoisotopic (exact) mass is 406 g/mol. The van der Waals surface area contributed by atoms with Crippen LogP contribution < -0.4 is 11.3 Å². The molecule has 0 fully saturated rings. The Kier molecular flexibility index (Phi) is 4.30. The van der Waals surface area contributed by atoms with Gasteiger partial charge in [0.05, 0.1) is 24.2 Å². The van der Waals surface area contributed by atoms with Crippen molar-refractivity contribution in [3.63, 3.8) is 0 Å². The number of hydrogen-bond donors (Lipinski definition) is 2. The summed E-state index contributed by atoms with van der Waals surface area (Å²) in [5.74, 6) is 0.776. The molecule has 0 unspecified atom stereocenters. The highest BCUT2D eigenvalue weighted by Crippen LogP contribution is 2.31. The summed E-state index contributed by atoms with van der Waals surface area (Å²) in [6.07, 6.45) is 2.13. The van der Waals surface area contributed by atoms with Crippen molar-refractivity contribution in [1.82, 2.24) is 14.9 Å². The number of carbonyl (C=O) groups excluding carboxylic acids is 1. The van der Waals surface area contributed by atoms with Crippen molar-refractivity contribution in [2.45, 2.75) is 25.6 Å². The first-order valence-electron chi connectivity index (χ1n) is 9.24. The van der Waals surface area contributed by atoms with E-state index in [0.717, 1.165) is 16.7 Å². The SMILES string of the molecule is NC(=O)[C@@H]1Cc2ccccc2CN1Cc1nc2scc(-c3ccco3)c2c(=O)[nH]1. The number of hydrogen-bond acceptors (Lipinski definition) is 6. The smallest absolute Gasteiger partial charge is 0.260 e. The first-order chi connectivity index (χ1) is 14.1. The van der Waals surface area contributed by atoms with Gasteiger partial charge in [-0.25, -0.2) is 4.98 Å². The molecule has 7 nitrogen and oxygen atoms in total. The molecule has 146 valence electrons. The Bertz CT molecular complexity index is 1260. The number of aromatic amines is 1. The number of H-pyrrole nitrogens is 1. The van der Waals surface area contributed by atoms with Gasteiger partial charge in [-0.1, -0.05) is 24.3 Å². The van der Waals surface area contributed by atoms with Crippen LogP contribution in [0.2, 0.25) is 0 Å². The third-order valence-electron chi connectivity index (χ3n) is 5.31. The van der Waals surface area contributed by atoms with Gasteiger partial charge in [0.1, 0.15) is 16.4 Å². The Labute approximate surface area is 169 Å². The van der Waals surface area contributed by atoms with E-state index < -0.39 is 6.04 Å². The first kappa shape index (κ1) is 17.8. The van der Waals surface area contributed by atoms with Crippen LogP contribution in [0.5, 0.6) is 0 Å². The molecule has 1 amide bonds. The Morgan fingerprint density at radius 2 is 2.10 bits per heavy atom. The molecule has 4 heterocycles. The third kappa shape index (κ3) is 3.16. The fourth-order valence-electron chi connectivity index (χ4n) is 3.90. The fourth-order valence-corrected chi connectivity index (χ4v) is 4.84. The van der Waals surface area contributed by atoms with E-state index >= 15 is 0 Å². The standard InChI is InChI=1S/C21H18N4O3S/c22-19(26)15-8-12-4-1-2-5-13(12)9-25(15)10-17-23-20(27)18-14(11-29-21(18)24-17)16-6-3-7-28-16/h1-7,11,15H,8-10H2,(H2,22,26)(H,23,24,27)/t15-/m0/s1. The normalized spacial score (nSPS) is 16.8. The lowest BCUT2D eigenvalue weighted by molar-refractivity contribution is -0.124. The summed E-state index contributed by atoms with van der Waals surface area (Å²) < 4.78 is 5.43. The van der Waals surface area contributed by atoms with Gasteiger partial charge in [-0.3, -0.25) is 14.5 Å². The van der Waals surface area contributed by atoms with Gasteiger partial charge in [-0.05, 0) is 29.7 Å². The minimum absolute atomic E-state index is 0.217. The molecule has 29 heavy (non-hydrogen) atoms. The first-order valence-corrected chi connectivity index (χ1v) is 10.1. The third-order valence-corrected chi connectivity index (χ3v) is 6.18. The second kappa shape index (κ2) is 6.98. The van der Waals surface area contributed by atoms with Gasteiger partial charge in [0.25, 0.3) is 5.56 Å². The van der Waals surface area contributed by atoms with Crippen molar-refractivity contribution in [3.05, 3.63) is 75.3 Å². The largest absolute Gasteiger partial charge is 0.464 e. The maximum atomic E-state index is 12.8. The van der Waals surface area contributed by atoms with E-state index in [-0.39, 0.29) is 11.5 Å². The molecule has 0 spiro atoms. The summed E-state index contributed by atoms with van der Waals surface area (Å²) in [5.41, 5.74) is 8.47. The quantitative estimate of drug-likeness (QED) is 0.542. The Hall–Kier alpha value is -3.23. The fraction of sp³-hybridized carbons (Fsp3) is 0.190. The molecule has 0 saturated carbocycles. The number of aromatic nitrogens is 2. The van der Waals surface area contributed by atoms with E-state index in [1.807, 2.05) is 40.6 Å². The number of rotatable bonds is 4. The lowest BCUT2D eigenvalue weighted by Crippen LogP contribution is -2.48. The van der Waals surface area contributed by atoms with E-state index in [0.29, 0.717) is 41.3 Å². The van der Waals surface area contributed by atoms with Crippen LogP contribution in [0, 0.1) is 0 Å². The average Bonchev–Trinajstić information content (AvgIpc) is 3.37. The van der Waals surface area contributed by atoms with Gasteiger partial charge in [0.15, 0.2) is 0 Å². The van der Waals surface area contributed by atoms with Gasteiger partial charge in [0, 0.05) is 17.5 Å². The number of benzene rings is 1. The number of nitrogens with one attached hydrogen (secondary N) is 1. The zero-order valence-electron chi connectivity index (χ0n) is 15.4. The van der Waals surface area contributed by atoms with Crippen LogP contribution in [0.3, 0.4) is 0 Å². The molecule has 0 radical (unpaired) electrons. The zero-order chi connectivity index (χ0) is 20.0. The second-order valence-electron chi connectivity index (χ2n) is 7.12. The number of fused-ring (bicyclic) bond motifs is 2. The molecule has 0 saturated heterocycles. The predicted molar refractivity (Wildman–Crippen MR) is 110 cm³/mol. The number of nitrogens with zero attached hydrogens (tertiary/aromatic N) is 2. The number of primary amides is 1. The van der Waals surface area contributed by atoms with Crippen LogP contribution in [-0.4, -0.2) is 26.8 Å². The number of carbonyl (C=O) groups is 1. The summed E-state index contributed by atoms with van der Waals surface area (Å²) in [5, 5.41) is 2.39. The molecular formula is C21H18N4O3S. The van der Waals surface area contributed by atoms with Gasteiger partial charge < -0.3 is 15.1 Å². The molecular weight excluding hydrogens is 388 g/mol. The molecule has 3 aromatic heterocycles. The molecule has 5 rings (SSSR count). The molecule has 1 aromatic carbocycles. The van der Waals surface area contributed by atoms with Crippen LogP contribution >= 0.6 is 11.3 Å². The van der Waals surface area contributed by atoms with Gasteiger partial charge in [-0.2, -0.15) is 0 Å². The van der Waals surface area contributed by atoms with Crippen LogP contribution in [0.4, 0.5) is 0 Å². The van der Waals surface area contributed by atoms with Crippen LogP contribution in [0.15, 0.2) is 57.3 Å². The van der Waals surface area contributed by atoms with Gasteiger partial charge in [-0.15, -0.1) is 11.3 Å². The highest BCUT2D eigenvalue weighted by Gasteiger charge is 2.30. The maximum absolute atomic E-state index is 12.8. The lowest BCUT2D eigenvalue weighted by Gasteiger charge is -2.34. The molecule has 0 bridgehead atoms. The second-order valence-corrected chi connectivity index (χ2v) is 7.97. The van der Waals surface area contributed by atoms with E-state index in [9.17, 15) is 9.59 Å². The summed E-state index contributed by atoms with van der Waals surface area (Å²) in [7, 11) is 0. The van der Waals surface area contributed by atoms with Crippen molar-refractivity contribution in [2.75, 3.05) is 0 Å². The summed E-state index contributed by atoms with van der Waals surface area (Å²) >= 11 is 1.40. The lowest BCUT2D eigenvalue weighted by atomic mass is 9.93.